The van der Waals surface area contributed by atoms with Crippen LogP contribution in [0.1, 0.15) is 73.6 Å². The van der Waals surface area contributed by atoms with Crippen LogP contribution in [0.25, 0.3) is 0 Å². The predicted octanol–water partition coefficient (Wildman–Crippen LogP) is 3.62. The Balaban J connectivity index is 0.00000483. The van der Waals surface area contributed by atoms with Crippen LogP contribution in [-0.4, -0.2) is 76.5 Å². The largest absolute Gasteiger partial charge is 0.349 e. The molecule has 0 bridgehead atoms. The molecular formula is C28H47Cl2N5O5. The van der Waals surface area contributed by atoms with Crippen molar-refractivity contribution in [2.45, 2.75) is 97.3 Å². The normalized spacial score (nSPS) is 16.4. The van der Waals surface area contributed by atoms with Crippen LogP contribution in [0.4, 0.5) is 4.79 Å². The average Bonchev–Trinajstić information content (AvgIpc) is 3.33. The Kier molecular flexibility index (Phi) is 16.8. The number of hydrogen-bond donors (Lipinski definition) is 4. The molecule has 228 valence electrons. The van der Waals surface area contributed by atoms with Gasteiger partial charge in [-0.1, -0.05) is 32.9 Å². The fraction of sp³-hybridized carbons (Fsp3) is 0.679. The summed E-state index contributed by atoms with van der Waals surface area (Å²) in [4.78, 5) is 66.0. The van der Waals surface area contributed by atoms with Gasteiger partial charge < -0.3 is 26.2 Å². The third kappa shape index (κ3) is 13.7. The highest BCUT2D eigenvalue weighted by atomic mass is 35.5. The molecule has 40 heavy (non-hydrogen) atoms. The first-order valence-electron chi connectivity index (χ1n) is 13.4. The second-order valence-corrected chi connectivity index (χ2v) is 12.4. The summed E-state index contributed by atoms with van der Waals surface area (Å²) >= 11 is 9.53. The molecule has 0 aromatic rings. The third-order valence-corrected chi connectivity index (χ3v) is 5.87. The molecule has 1 rings (SSSR count). The van der Waals surface area contributed by atoms with Crippen LogP contribution in [-0.2, 0) is 19.2 Å². The fourth-order valence-electron chi connectivity index (χ4n) is 3.98. The average molecular weight is 605 g/mol. The molecule has 1 aliphatic rings. The van der Waals surface area contributed by atoms with Gasteiger partial charge in [0.15, 0.2) is 0 Å². The number of Topliss-reactive ketones (excluding diaryl/α,β-unsaturated/α-hetero) is 1. The minimum Gasteiger partial charge on any atom is -0.349 e. The van der Waals surface area contributed by atoms with Gasteiger partial charge in [-0.3, -0.25) is 19.2 Å². The second-order valence-electron chi connectivity index (χ2n) is 11.6. The number of halogens is 2. The first-order chi connectivity index (χ1) is 18.5. The maximum atomic E-state index is 13.6. The number of allylic oxidation sites excluding steroid dienone is 1. The molecule has 1 heterocycles. The number of urea groups is 1. The molecule has 0 aromatic carbocycles. The molecule has 2 unspecified atom stereocenters. The van der Waals surface area contributed by atoms with E-state index in [0.717, 1.165) is 0 Å². The smallest absolute Gasteiger partial charge is 0.315 e. The zero-order valence-corrected chi connectivity index (χ0v) is 26.2. The molecule has 5 amide bonds. The summed E-state index contributed by atoms with van der Waals surface area (Å²) in [5.41, 5.74) is -1.11. The summed E-state index contributed by atoms with van der Waals surface area (Å²) in [5.74, 6) is -2.40. The zero-order chi connectivity index (χ0) is 31.1. The Labute approximate surface area is 249 Å². The van der Waals surface area contributed by atoms with E-state index in [0.29, 0.717) is 32.2 Å². The van der Waals surface area contributed by atoms with Gasteiger partial charge in [0.05, 0.1) is 11.4 Å². The highest BCUT2D eigenvalue weighted by Gasteiger charge is 2.43. The number of ketones is 1. The third-order valence-electron chi connectivity index (χ3n) is 5.87. The molecule has 3 atom stereocenters. The number of alkyl halides is 2. The van der Waals surface area contributed by atoms with E-state index in [1.807, 2.05) is 41.5 Å². The first-order valence-corrected chi connectivity index (χ1v) is 14.5. The van der Waals surface area contributed by atoms with Crippen molar-refractivity contribution >= 4 is 52.7 Å². The number of carbonyl (C=O) groups excluding carboxylic acids is 5. The standard InChI is InChI=1S/C27H45N5O5.CH2Cl2/c1-9-11-14-18(20(33)23(35)28-16-12-10-2)29-22(34)19-15-13-17-32(19)24(36)21(26(3,4)5)30-25(37)31-27(6,7)8;2-1-3/h9-10,18-19,21H,1-2,11-17H2,3-8H3,(H,28,35)(H,29,34)(H2,30,31,37);1H2/t18?,19-,21?;/m0./s1. The van der Waals surface area contributed by atoms with Crippen LogP contribution in [0.3, 0.4) is 0 Å². The van der Waals surface area contributed by atoms with Gasteiger partial charge in [-0.15, -0.1) is 36.4 Å². The van der Waals surface area contributed by atoms with Crippen molar-refractivity contribution in [3.63, 3.8) is 0 Å². The number of hydrogen-bond acceptors (Lipinski definition) is 5. The molecule has 1 saturated heterocycles. The summed E-state index contributed by atoms with van der Waals surface area (Å²) in [6.07, 6.45) is 5.39. The molecule has 0 radical (unpaired) electrons. The molecule has 10 nitrogen and oxygen atoms in total. The monoisotopic (exact) mass is 603 g/mol. The van der Waals surface area contributed by atoms with E-state index < -0.39 is 52.7 Å². The van der Waals surface area contributed by atoms with E-state index in [9.17, 15) is 24.0 Å². The quantitative estimate of drug-likeness (QED) is 0.117. The van der Waals surface area contributed by atoms with Crippen molar-refractivity contribution in [3.05, 3.63) is 25.3 Å². The van der Waals surface area contributed by atoms with Crippen molar-refractivity contribution in [3.8, 4) is 0 Å². The Bertz CT molecular complexity index is 899. The SMILES string of the molecule is C=CCCNC(=O)C(=O)C(CCC=C)NC(=O)[C@@H]1CCCN1C(=O)C(NC(=O)NC(C)(C)C)C(C)(C)C.ClCCl. The van der Waals surface area contributed by atoms with Gasteiger partial charge in [0, 0.05) is 18.6 Å². The van der Waals surface area contributed by atoms with Crippen molar-refractivity contribution in [2.75, 3.05) is 18.4 Å². The second kappa shape index (κ2) is 18.0. The van der Waals surface area contributed by atoms with E-state index >= 15 is 0 Å². The van der Waals surface area contributed by atoms with Crippen LogP contribution in [0.5, 0.6) is 0 Å². The maximum absolute atomic E-state index is 13.6. The predicted molar refractivity (Wildman–Crippen MR) is 160 cm³/mol. The van der Waals surface area contributed by atoms with Crippen molar-refractivity contribution < 1.29 is 24.0 Å². The lowest BCUT2D eigenvalue weighted by molar-refractivity contribution is -0.143. The number of nitrogens with one attached hydrogen (secondary N) is 4. The maximum Gasteiger partial charge on any atom is 0.315 e. The molecule has 1 fully saturated rings. The molecule has 0 aliphatic carbocycles. The summed E-state index contributed by atoms with van der Waals surface area (Å²) in [6.45, 7) is 18.9. The topological polar surface area (TPSA) is 137 Å². The number of nitrogens with zero attached hydrogens (tertiary/aromatic N) is 1. The van der Waals surface area contributed by atoms with E-state index in [4.69, 9.17) is 23.2 Å². The molecule has 0 aromatic heterocycles. The molecular weight excluding hydrogens is 557 g/mol. The zero-order valence-electron chi connectivity index (χ0n) is 24.7. The lowest BCUT2D eigenvalue weighted by Gasteiger charge is -2.36. The Morgan fingerprint density at radius 1 is 0.975 bits per heavy atom. The first kappa shape index (κ1) is 37.4. The molecule has 12 heteroatoms. The summed E-state index contributed by atoms with van der Waals surface area (Å²) < 4.78 is 0. The molecule has 4 N–H and O–H groups in total. The van der Waals surface area contributed by atoms with Gasteiger partial charge in [-0.25, -0.2) is 4.79 Å². The molecule has 0 saturated carbocycles. The Hall–Kier alpha value is -2.59. The highest BCUT2D eigenvalue weighted by molar-refractivity contribution is 6.40. The number of carbonyl (C=O) groups is 5. The van der Waals surface area contributed by atoms with Crippen LogP contribution < -0.4 is 21.3 Å². The Morgan fingerprint density at radius 2 is 1.55 bits per heavy atom. The molecule has 1 aliphatic heterocycles. The van der Waals surface area contributed by atoms with Gasteiger partial charge in [0.25, 0.3) is 5.91 Å². The van der Waals surface area contributed by atoms with E-state index in [-0.39, 0.29) is 24.2 Å². The van der Waals surface area contributed by atoms with Crippen LogP contribution in [0.2, 0.25) is 0 Å². The van der Waals surface area contributed by atoms with Crippen LogP contribution in [0, 0.1) is 5.41 Å². The lowest BCUT2D eigenvalue weighted by atomic mass is 9.85. The summed E-state index contributed by atoms with van der Waals surface area (Å²) in [6, 6.07) is -3.20. The number of rotatable bonds is 12. The van der Waals surface area contributed by atoms with Gasteiger partial charge in [0.1, 0.15) is 12.1 Å². The van der Waals surface area contributed by atoms with Gasteiger partial charge in [-0.05, 0) is 58.3 Å². The summed E-state index contributed by atoms with van der Waals surface area (Å²) in [7, 11) is 0. The van der Waals surface area contributed by atoms with E-state index in [1.165, 1.54) is 4.90 Å². The minimum absolute atomic E-state index is 0.194. The number of amides is 5. The van der Waals surface area contributed by atoms with Crippen molar-refractivity contribution in [2.24, 2.45) is 5.41 Å². The van der Waals surface area contributed by atoms with Crippen LogP contribution in [0.15, 0.2) is 25.3 Å². The Morgan fingerprint density at radius 3 is 2.05 bits per heavy atom. The minimum atomic E-state index is -1.04. The van der Waals surface area contributed by atoms with Crippen molar-refractivity contribution in [1.82, 2.24) is 26.2 Å². The van der Waals surface area contributed by atoms with Gasteiger partial charge in [0.2, 0.25) is 17.6 Å². The van der Waals surface area contributed by atoms with Crippen LogP contribution >= 0.6 is 23.2 Å². The van der Waals surface area contributed by atoms with E-state index in [1.54, 1.807) is 12.2 Å². The van der Waals surface area contributed by atoms with Gasteiger partial charge >= 0.3 is 6.03 Å². The molecule has 0 spiro atoms. The van der Waals surface area contributed by atoms with Crippen molar-refractivity contribution in [1.29, 1.82) is 0 Å². The lowest BCUT2D eigenvalue weighted by Crippen LogP contribution is -2.61. The van der Waals surface area contributed by atoms with E-state index in [2.05, 4.69) is 34.4 Å². The highest BCUT2D eigenvalue weighted by Crippen LogP contribution is 2.26. The summed E-state index contributed by atoms with van der Waals surface area (Å²) in [5, 5.41) is 11.0. The van der Waals surface area contributed by atoms with Gasteiger partial charge in [-0.2, -0.15) is 0 Å². The number of likely N-dealkylation sites (tertiary alicyclic amines) is 1. The fourth-order valence-corrected chi connectivity index (χ4v) is 3.98.